The van der Waals surface area contributed by atoms with Gasteiger partial charge < -0.3 is 20.5 Å². The molecule has 8 heteroatoms. The van der Waals surface area contributed by atoms with Gasteiger partial charge in [0.2, 0.25) is 0 Å². The van der Waals surface area contributed by atoms with Crippen molar-refractivity contribution in [1.82, 2.24) is 15.8 Å². The number of urea groups is 1. The fourth-order valence-electron chi connectivity index (χ4n) is 2.12. The Morgan fingerprint density at radius 3 is 2.65 bits per heavy atom. The number of carbonyl (C=O) groups is 2. The maximum atomic E-state index is 12.1. The summed E-state index contributed by atoms with van der Waals surface area (Å²) in [6.45, 7) is 6.77. The molecule has 0 unspecified atom stereocenters. The molecule has 0 aliphatic rings. The number of hydrogen-bond donors (Lipinski definition) is 3. The van der Waals surface area contributed by atoms with Crippen molar-refractivity contribution in [3.63, 3.8) is 0 Å². The monoisotopic (exact) mass is 378 g/mol. The predicted molar refractivity (Wildman–Crippen MR) is 101 cm³/mol. The smallest absolute Gasteiger partial charge is 0.319 e. The second-order valence-corrected chi connectivity index (χ2v) is 6.54. The Labute approximate surface area is 157 Å². The fraction of sp³-hybridized carbons (Fsp3) is 0.389. The van der Waals surface area contributed by atoms with Gasteiger partial charge in [-0.15, -0.1) is 0 Å². The van der Waals surface area contributed by atoms with E-state index in [0.29, 0.717) is 28.5 Å². The second kappa shape index (κ2) is 9.24. The number of benzene rings is 1. The quantitative estimate of drug-likeness (QED) is 0.680. The molecular formula is C18H23ClN4O3. The Bertz CT molecular complexity index is 774. The van der Waals surface area contributed by atoms with E-state index < -0.39 is 6.03 Å². The Kier molecular flexibility index (Phi) is 7.03. The first kappa shape index (κ1) is 19.8. The molecule has 1 heterocycles. The largest absolute Gasteiger partial charge is 0.361 e. The molecule has 0 radical (unpaired) electrons. The minimum absolute atomic E-state index is 0.212. The lowest BCUT2D eigenvalue weighted by molar-refractivity contribution is 0.0953. The van der Waals surface area contributed by atoms with E-state index >= 15 is 0 Å². The highest BCUT2D eigenvalue weighted by Crippen LogP contribution is 2.23. The molecule has 0 saturated carbocycles. The highest BCUT2D eigenvalue weighted by molar-refractivity contribution is 6.33. The van der Waals surface area contributed by atoms with E-state index in [1.54, 1.807) is 24.3 Å². The highest BCUT2D eigenvalue weighted by Gasteiger charge is 2.12. The average molecular weight is 379 g/mol. The van der Waals surface area contributed by atoms with Crippen LogP contribution in [0.1, 0.15) is 54.9 Å². The predicted octanol–water partition coefficient (Wildman–Crippen LogP) is 3.91. The molecule has 1 aromatic carbocycles. The molecule has 140 valence electrons. The third-order valence-electron chi connectivity index (χ3n) is 3.59. The minimum atomic E-state index is -0.452. The third-order valence-corrected chi connectivity index (χ3v) is 3.92. The van der Waals surface area contributed by atoms with Crippen molar-refractivity contribution in [2.45, 2.75) is 39.7 Å². The van der Waals surface area contributed by atoms with Crippen LogP contribution in [0.3, 0.4) is 0 Å². The van der Waals surface area contributed by atoms with Crippen molar-refractivity contribution in [3.05, 3.63) is 46.3 Å². The number of anilines is 1. The first-order chi connectivity index (χ1) is 12.4. The van der Waals surface area contributed by atoms with Crippen LogP contribution in [-0.4, -0.2) is 23.6 Å². The normalized spacial score (nSPS) is 10.7. The number of hydrogen-bond acceptors (Lipinski definition) is 4. The Hall–Kier alpha value is -2.54. The topological polar surface area (TPSA) is 96.3 Å². The van der Waals surface area contributed by atoms with Gasteiger partial charge in [-0.3, -0.25) is 4.79 Å². The second-order valence-electron chi connectivity index (χ2n) is 6.13. The van der Waals surface area contributed by atoms with Gasteiger partial charge >= 0.3 is 6.03 Å². The lowest BCUT2D eigenvalue weighted by atomic mass is 10.1. The summed E-state index contributed by atoms with van der Waals surface area (Å²) in [5.41, 5.74) is 1.41. The lowest BCUT2D eigenvalue weighted by Crippen LogP contribution is -2.29. The van der Waals surface area contributed by atoms with E-state index in [-0.39, 0.29) is 18.4 Å². The van der Waals surface area contributed by atoms with Crippen LogP contribution in [0, 0.1) is 0 Å². The van der Waals surface area contributed by atoms with Gasteiger partial charge in [-0.1, -0.05) is 37.5 Å². The number of nitrogens with zero attached hydrogens (tertiary/aromatic N) is 1. The van der Waals surface area contributed by atoms with Gasteiger partial charge in [-0.25, -0.2) is 4.79 Å². The molecule has 0 aliphatic heterocycles. The molecule has 0 saturated heterocycles. The van der Waals surface area contributed by atoms with Crippen molar-refractivity contribution in [2.75, 3.05) is 11.9 Å². The summed E-state index contributed by atoms with van der Waals surface area (Å²) in [5.74, 6) is 0.775. The Morgan fingerprint density at radius 2 is 2.00 bits per heavy atom. The van der Waals surface area contributed by atoms with E-state index in [1.807, 2.05) is 20.8 Å². The van der Waals surface area contributed by atoms with Gasteiger partial charge in [-0.05, 0) is 24.6 Å². The van der Waals surface area contributed by atoms with Crippen molar-refractivity contribution >= 4 is 29.2 Å². The van der Waals surface area contributed by atoms with Gasteiger partial charge in [0.15, 0.2) is 0 Å². The molecule has 2 rings (SSSR count). The molecule has 2 aromatic rings. The van der Waals surface area contributed by atoms with Crippen LogP contribution in [0.5, 0.6) is 0 Å². The first-order valence-electron chi connectivity index (χ1n) is 8.48. The molecule has 3 N–H and O–H groups in total. The van der Waals surface area contributed by atoms with Gasteiger partial charge in [0, 0.05) is 24.1 Å². The zero-order chi connectivity index (χ0) is 19.1. The number of halogens is 1. The standard InChI is InChI=1S/C18H23ClN4O3/c1-4-7-20-17(24)12-5-6-14(19)15(8-12)22-18(25)21-10-13-9-16(11(2)3)26-23-13/h5-6,8-9,11H,4,7,10H2,1-3H3,(H,20,24)(H2,21,22,25). The van der Waals surface area contributed by atoms with E-state index in [4.69, 9.17) is 16.1 Å². The van der Waals surface area contributed by atoms with E-state index in [9.17, 15) is 9.59 Å². The summed E-state index contributed by atoms with van der Waals surface area (Å²) in [6, 6.07) is 6.08. The van der Waals surface area contributed by atoms with E-state index in [0.717, 1.165) is 12.2 Å². The van der Waals surface area contributed by atoms with Crippen LogP contribution in [0.15, 0.2) is 28.8 Å². The van der Waals surface area contributed by atoms with Gasteiger partial charge in [0.05, 0.1) is 17.3 Å². The number of carbonyl (C=O) groups excluding carboxylic acids is 2. The zero-order valence-electron chi connectivity index (χ0n) is 15.1. The van der Waals surface area contributed by atoms with Crippen LogP contribution >= 0.6 is 11.6 Å². The molecule has 0 fully saturated rings. The molecule has 26 heavy (non-hydrogen) atoms. The van der Waals surface area contributed by atoms with Crippen LogP contribution in [0.2, 0.25) is 5.02 Å². The van der Waals surface area contributed by atoms with Crippen molar-refractivity contribution < 1.29 is 14.1 Å². The maximum Gasteiger partial charge on any atom is 0.319 e. The van der Waals surface area contributed by atoms with Gasteiger partial charge in [-0.2, -0.15) is 0 Å². The molecule has 1 aromatic heterocycles. The van der Waals surface area contributed by atoms with Crippen LogP contribution in [-0.2, 0) is 6.54 Å². The number of nitrogens with one attached hydrogen (secondary N) is 3. The van der Waals surface area contributed by atoms with Gasteiger partial charge in [0.25, 0.3) is 5.91 Å². The summed E-state index contributed by atoms with van der Waals surface area (Å²) in [4.78, 5) is 24.1. The van der Waals surface area contributed by atoms with E-state index in [1.165, 1.54) is 0 Å². The zero-order valence-corrected chi connectivity index (χ0v) is 15.8. The van der Waals surface area contributed by atoms with Crippen LogP contribution in [0.25, 0.3) is 0 Å². The Balaban J connectivity index is 1.95. The fourth-order valence-corrected chi connectivity index (χ4v) is 2.29. The molecular weight excluding hydrogens is 356 g/mol. The molecule has 0 atom stereocenters. The lowest BCUT2D eigenvalue weighted by Gasteiger charge is -2.10. The van der Waals surface area contributed by atoms with Crippen molar-refractivity contribution in [2.24, 2.45) is 0 Å². The number of rotatable bonds is 7. The average Bonchev–Trinajstić information content (AvgIpc) is 3.09. The molecule has 3 amide bonds. The molecule has 0 spiro atoms. The highest BCUT2D eigenvalue weighted by atomic mass is 35.5. The first-order valence-corrected chi connectivity index (χ1v) is 8.86. The maximum absolute atomic E-state index is 12.1. The molecule has 7 nitrogen and oxygen atoms in total. The van der Waals surface area contributed by atoms with E-state index in [2.05, 4.69) is 21.1 Å². The van der Waals surface area contributed by atoms with Crippen molar-refractivity contribution in [1.29, 1.82) is 0 Å². The summed E-state index contributed by atoms with van der Waals surface area (Å²) in [6.07, 6.45) is 0.841. The van der Waals surface area contributed by atoms with Crippen LogP contribution < -0.4 is 16.0 Å². The number of aromatic nitrogens is 1. The van der Waals surface area contributed by atoms with Crippen molar-refractivity contribution in [3.8, 4) is 0 Å². The third kappa shape index (κ3) is 5.49. The van der Waals surface area contributed by atoms with Gasteiger partial charge in [0.1, 0.15) is 11.5 Å². The summed E-state index contributed by atoms with van der Waals surface area (Å²) in [5, 5.41) is 12.3. The number of amides is 3. The Morgan fingerprint density at radius 1 is 1.23 bits per heavy atom. The summed E-state index contributed by atoms with van der Waals surface area (Å²) < 4.78 is 5.18. The molecule has 0 aliphatic carbocycles. The summed E-state index contributed by atoms with van der Waals surface area (Å²) in [7, 11) is 0. The summed E-state index contributed by atoms with van der Waals surface area (Å²) >= 11 is 6.10. The molecule has 0 bridgehead atoms. The minimum Gasteiger partial charge on any atom is -0.361 e. The van der Waals surface area contributed by atoms with Crippen LogP contribution in [0.4, 0.5) is 10.5 Å². The SMILES string of the molecule is CCCNC(=O)c1ccc(Cl)c(NC(=O)NCc2cc(C(C)C)on2)c1.